The summed E-state index contributed by atoms with van der Waals surface area (Å²) in [7, 11) is 0. The molecule has 1 unspecified atom stereocenters. The number of imidazole rings is 1. The number of benzene rings is 1. The normalized spacial score (nSPS) is 13.5. The van der Waals surface area contributed by atoms with Crippen molar-refractivity contribution in [3.8, 4) is 11.3 Å². The van der Waals surface area contributed by atoms with E-state index < -0.39 is 11.9 Å². The fraction of sp³-hybridized carbons (Fsp3) is 0.227. The highest BCUT2D eigenvalue weighted by molar-refractivity contribution is 6.35. The Morgan fingerprint density at radius 1 is 1.27 bits per heavy atom. The van der Waals surface area contributed by atoms with Gasteiger partial charge in [0.05, 0.1) is 40.9 Å². The minimum absolute atomic E-state index is 0.0592. The number of rotatable bonds is 5. The zero-order valence-electron chi connectivity index (χ0n) is 17.7. The number of H-pyrrole nitrogens is 1. The first-order chi connectivity index (χ1) is 16.1. The molecular weight excluding hydrogens is 447 g/mol. The van der Waals surface area contributed by atoms with Crippen LogP contribution >= 0.6 is 11.6 Å². The molecule has 0 bridgehead atoms. The third kappa shape index (κ3) is 3.93. The lowest BCUT2D eigenvalue weighted by Gasteiger charge is -2.17. The highest BCUT2D eigenvalue weighted by Crippen LogP contribution is 2.40. The van der Waals surface area contributed by atoms with Crippen molar-refractivity contribution >= 4 is 40.4 Å². The number of aromatic nitrogens is 7. The predicted molar refractivity (Wildman–Crippen MR) is 123 cm³/mol. The molecule has 1 aliphatic rings. The molecule has 168 valence electrons. The van der Waals surface area contributed by atoms with Crippen LogP contribution in [-0.4, -0.2) is 40.8 Å². The van der Waals surface area contributed by atoms with Crippen LogP contribution in [0.5, 0.6) is 0 Å². The van der Waals surface area contributed by atoms with E-state index in [1.54, 1.807) is 46.1 Å². The summed E-state index contributed by atoms with van der Waals surface area (Å²) in [6.07, 6.45) is 14.8. The number of nitrogens with one attached hydrogen (secondary N) is 2. The monoisotopic (exact) mass is 466 g/mol. The van der Waals surface area contributed by atoms with Gasteiger partial charge < -0.3 is 9.72 Å². The summed E-state index contributed by atoms with van der Waals surface area (Å²) in [6.45, 7) is 1.83. The molecule has 2 N–H and O–H groups in total. The van der Waals surface area contributed by atoms with Crippen LogP contribution in [0.15, 0.2) is 43.2 Å². The van der Waals surface area contributed by atoms with Crippen molar-refractivity contribution in [3.63, 3.8) is 0 Å². The van der Waals surface area contributed by atoms with E-state index in [-0.39, 0.29) is 5.02 Å². The van der Waals surface area contributed by atoms with Gasteiger partial charge in [-0.25, -0.2) is 9.37 Å². The maximum atomic E-state index is 15.5. The lowest BCUT2D eigenvalue weighted by Crippen LogP contribution is -2.11. The second kappa shape index (κ2) is 8.62. The number of anilines is 1. The molecule has 1 fully saturated rings. The summed E-state index contributed by atoms with van der Waals surface area (Å²) in [5.74, 6) is -0.194. The zero-order valence-corrected chi connectivity index (χ0v) is 18.4. The lowest BCUT2D eigenvalue weighted by atomic mass is 9.98. The molecule has 0 spiro atoms. The number of nitrogens with zero attached hydrogens (tertiary/aromatic N) is 6. The van der Waals surface area contributed by atoms with Gasteiger partial charge in [0.2, 0.25) is 6.41 Å². The molecule has 6 rings (SSSR count). The SMILES string of the molecule is C1CC1.CC(c1c(F)c(Cl)c(-c2cn3cc(NC=O)nc3cn2)c2cn[nH]c12)n1cccn1. The molecule has 4 aromatic heterocycles. The number of carbonyl (C=O) groups is 1. The van der Waals surface area contributed by atoms with Crippen LogP contribution in [0.4, 0.5) is 10.2 Å². The average molecular weight is 467 g/mol. The van der Waals surface area contributed by atoms with Gasteiger partial charge >= 0.3 is 0 Å². The van der Waals surface area contributed by atoms with Gasteiger partial charge in [-0.05, 0) is 13.0 Å². The molecule has 11 heteroatoms. The van der Waals surface area contributed by atoms with Gasteiger partial charge in [-0.2, -0.15) is 10.2 Å². The number of halogens is 2. The Bertz CT molecular complexity index is 1440. The fourth-order valence-electron chi connectivity index (χ4n) is 3.58. The van der Waals surface area contributed by atoms with E-state index in [2.05, 4.69) is 30.6 Å². The fourth-order valence-corrected chi connectivity index (χ4v) is 3.88. The quantitative estimate of drug-likeness (QED) is 0.368. The van der Waals surface area contributed by atoms with Crippen molar-refractivity contribution in [3.05, 3.63) is 59.7 Å². The van der Waals surface area contributed by atoms with Crippen molar-refractivity contribution in [2.45, 2.75) is 32.2 Å². The van der Waals surface area contributed by atoms with E-state index in [0.717, 1.165) is 0 Å². The number of hydrogen-bond donors (Lipinski definition) is 2. The van der Waals surface area contributed by atoms with E-state index >= 15 is 4.39 Å². The molecule has 0 saturated heterocycles. The number of aromatic amines is 1. The summed E-state index contributed by atoms with van der Waals surface area (Å²) < 4.78 is 18.8. The molecule has 9 nitrogen and oxygen atoms in total. The summed E-state index contributed by atoms with van der Waals surface area (Å²) in [5.41, 5.74) is 2.25. The Labute approximate surface area is 192 Å². The van der Waals surface area contributed by atoms with Gasteiger partial charge in [-0.3, -0.25) is 19.6 Å². The van der Waals surface area contributed by atoms with Gasteiger partial charge in [0.1, 0.15) is 5.82 Å². The van der Waals surface area contributed by atoms with E-state index in [9.17, 15) is 4.79 Å². The largest absolute Gasteiger partial charge is 0.312 e. The zero-order chi connectivity index (χ0) is 22.9. The minimum atomic E-state index is -0.567. The number of fused-ring (bicyclic) bond motifs is 2. The van der Waals surface area contributed by atoms with Crippen molar-refractivity contribution in [1.29, 1.82) is 0 Å². The third-order valence-electron chi connectivity index (χ3n) is 5.32. The topological polar surface area (TPSA) is 106 Å². The van der Waals surface area contributed by atoms with Crippen LogP contribution in [0.3, 0.4) is 0 Å². The first kappa shape index (κ1) is 21.1. The third-order valence-corrected chi connectivity index (χ3v) is 5.68. The van der Waals surface area contributed by atoms with E-state index in [1.807, 2.05) is 6.92 Å². The summed E-state index contributed by atoms with van der Waals surface area (Å²) in [4.78, 5) is 19.3. The minimum Gasteiger partial charge on any atom is -0.312 e. The standard InChI is InChI=1S/C19H14ClFN8O.C3H6/c1-10(29-4-2-3-25-29)15-18(21)17(20)16(11-5-24-27-19(11)15)12-7-28-8-13(23-9-30)26-14(28)6-22-12;1-2-3-1/h2-10H,1H3,(H,23,30)(H,24,27);1-3H2. The van der Waals surface area contributed by atoms with Crippen LogP contribution in [0, 0.1) is 5.82 Å². The Hall–Kier alpha value is -3.79. The molecule has 1 aliphatic carbocycles. The van der Waals surface area contributed by atoms with Crippen molar-refractivity contribution in [2.75, 3.05) is 5.32 Å². The Morgan fingerprint density at radius 2 is 2.09 bits per heavy atom. The first-order valence-electron chi connectivity index (χ1n) is 10.5. The van der Waals surface area contributed by atoms with Gasteiger partial charge in [0, 0.05) is 35.1 Å². The molecular formula is C22H20ClFN8O. The van der Waals surface area contributed by atoms with Crippen LogP contribution in [0.1, 0.15) is 37.8 Å². The molecule has 1 amide bonds. The van der Waals surface area contributed by atoms with Crippen molar-refractivity contribution in [2.24, 2.45) is 0 Å². The molecule has 1 atom stereocenters. The predicted octanol–water partition coefficient (Wildman–Crippen LogP) is 4.61. The number of amides is 1. The molecule has 1 saturated carbocycles. The van der Waals surface area contributed by atoms with E-state index in [1.165, 1.54) is 25.5 Å². The summed E-state index contributed by atoms with van der Waals surface area (Å²) in [6, 6.07) is 1.36. The van der Waals surface area contributed by atoms with Gasteiger partial charge in [-0.15, -0.1) is 0 Å². The molecule has 0 radical (unpaired) electrons. The van der Waals surface area contributed by atoms with Crippen LogP contribution < -0.4 is 5.32 Å². The first-order valence-corrected chi connectivity index (χ1v) is 10.8. The molecule has 1 aromatic carbocycles. The maximum Gasteiger partial charge on any atom is 0.212 e. The van der Waals surface area contributed by atoms with Crippen molar-refractivity contribution in [1.82, 2.24) is 34.3 Å². The van der Waals surface area contributed by atoms with Crippen LogP contribution in [-0.2, 0) is 4.79 Å². The lowest BCUT2D eigenvalue weighted by molar-refractivity contribution is -0.105. The van der Waals surface area contributed by atoms with E-state index in [4.69, 9.17) is 11.6 Å². The number of hydrogen-bond acceptors (Lipinski definition) is 5. The summed E-state index contributed by atoms with van der Waals surface area (Å²) >= 11 is 6.51. The van der Waals surface area contributed by atoms with Gasteiger partial charge in [-0.1, -0.05) is 30.9 Å². The van der Waals surface area contributed by atoms with Gasteiger partial charge in [0.25, 0.3) is 0 Å². The Kier molecular flexibility index (Phi) is 5.51. The summed E-state index contributed by atoms with van der Waals surface area (Å²) in [5, 5.41) is 14.3. The molecule has 4 heterocycles. The second-order valence-electron chi connectivity index (χ2n) is 7.72. The smallest absolute Gasteiger partial charge is 0.212 e. The van der Waals surface area contributed by atoms with Crippen LogP contribution in [0.2, 0.25) is 5.02 Å². The Morgan fingerprint density at radius 3 is 2.79 bits per heavy atom. The Balaban J connectivity index is 0.000000705. The maximum absolute atomic E-state index is 15.5. The van der Waals surface area contributed by atoms with Crippen molar-refractivity contribution < 1.29 is 9.18 Å². The average Bonchev–Trinajstić information content (AvgIpc) is 3.27. The van der Waals surface area contributed by atoms with E-state index in [0.29, 0.717) is 45.6 Å². The second-order valence-corrected chi connectivity index (χ2v) is 8.10. The van der Waals surface area contributed by atoms with Crippen LogP contribution in [0.25, 0.3) is 27.8 Å². The highest BCUT2D eigenvalue weighted by Gasteiger charge is 2.26. The molecule has 33 heavy (non-hydrogen) atoms. The number of carbonyl (C=O) groups excluding carboxylic acids is 1. The molecule has 5 aromatic rings. The molecule has 0 aliphatic heterocycles. The van der Waals surface area contributed by atoms with Gasteiger partial charge in [0.15, 0.2) is 11.5 Å². The highest BCUT2D eigenvalue weighted by atomic mass is 35.5.